The van der Waals surface area contributed by atoms with Gasteiger partial charge in [0.2, 0.25) is 0 Å². The van der Waals surface area contributed by atoms with Crippen molar-refractivity contribution in [1.82, 2.24) is 5.32 Å². The lowest BCUT2D eigenvalue weighted by Gasteiger charge is -2.17. The van der Waals surface area contributed by atoms with Crippen molar-refractivity contribution in [3.63, 3.8) is 0 Å². The molecular weight excluding hydrogens is 409 g/mol. The van der Waals surface area contributed by atoms with Gasteiger partial charge in [0.1, 0.15) is 6.04 Å². The standard InChI is InChI=1S/C17H24INO4/c1-2-3-12-22-17(21)15(10-7-11-16(20)23-18)19-13-14-8-5-4-6-9-14/h4-6,8-9,15,19H,2-3,7,10-13H2,1H3. The van der Waals surface area contributed by atoms with Gasteiger partial charge in [-0.15, -0.1) is 0 Å². The molecule has 0 saturated heterocycles. The zero-order valence-electron chi connectivity index (χ0n) is 13.4. The number of esters is 1. The number of benzene rings is 1. The molecule has 1 atom stereocenters. The van der Waals surface area contributed by atoms with Crippen LogP contribution in [-0.2, 0) is 23.9 Å². The Bertz CT molecular complexity index is 467. The van der Waals surface area contributed by atoms with Crippen LogP contribution in [0.4, 0.5) is 0 Å². The highest BCUT2D eigenvalue weighted by Gasteiger charge is 2.19. The number of nitrogens with one attached hydrogen (secondary N) is 1. The largest absolute Gasteiger partial charge is 0.465 e. The SMILES string of the molecule is CCCCOC(=O)C(CCCC(=O)OI)NCc1ccccc1. The van der Waals surface area contributed by atoms with E-state index in [0.717, 1.165) is 18.4 Å². The van der Waals surface area contributed by atoms with Gasteiger partial charge in [0.15, 0.2) is 23.0 Å². The van der Waals surface area contributed by atoms with Crippen LogP contribution in [0, 0.1) is 0 Å². The molecule has 0 fully saturated rings. The van der Waals surface area contributed by atoms with Gasteiger partial charge in [0, 0.05) is 13.0 Å². The maximum Gasteiger partial charge on any atom is 0.323 e. The monoisotopic (exact) mass is 433 g/mol. The highest BCUT2D eigenvalue weighted by Crippen LogP contribution is 2.08. The molecule has 0 saturated carbocycles. The van der Waals surface area contributed by atoms with E-state index in [1.807, 2.05) is 30.3 Å². The molecule has 0 amide bonds. The summed E-state index contributed by atoms with van der Waals surface area (Å²) in [7, 11) is 0. The van der Waals surface area contributed by atoms with Crippen molar-refractivity contribution in [3.8, 4) is 0 Å². The Morgan fingerprint density at radius 1 is 1.22 bits per heavy atom. The molecule has 1 aromatic carbocycles. The van der Waals surface area contributed by atoms with Gasteiger partial charge in [-0.05, 0) is 24.8 Å². The summed E-state index contributed by atoms with van der Waals surface area (Å²) < 4.78 is 9.89. The molecular formula is C17H24INO4. The molecule has 0 spiro atoms. The fourth-order valence-electron chi connectivity index (χ4n) is 2.05. The molecule has 0 aliphatic rings. The van der Waals surface area contributed by atoms with Gasteiger partial charge in [-0.1, -0.05) is 43.7 Å². The summed E-state index contributed by atoms with van der Waals surface area (Å²) in [6.07, 6.45) is 3.27. The quantitative estimate of drug-likeness (QED) is 0.329. The van der Waals surface area contributed by atoms with Crippen LogP contribution in [0.1, 0.15) is 44.6 Å². The number of rotatable bonds is 11. The highest BCUT2D eigenvalue weighted by atomic mass is 127. The highest BCUT2D eigenvalue weighted by molar-refractivity contribution is 14.1. The summed E-state index contributed by atoms with van der Waals surface area (Å²) >= 11 is 1.57. The first-order valence-electron chi connectivity index (χ1n) is 7.92. The van der Waals surface area contributed by atoms with Crippen molar-refractivity contribution < 1.29 is 17.4 Å². The summed E-state index contributed by atoms with van der Waals surface area (Å²) in [6, 6.07) is 9.47. The predicted octanol–water partition coefficient (Wildman–Crippen LogP) is 3.55. The zero-order valence-corrected chi connectivity index (χ0v) is 15.6. The molecule has 128 valence electrons. The molecule has 1 N–H and O–H groups in total. The average molecular weight is 433 g/mol. The van der Waals surface area contributed by atoms with E-state index in [0.29, 0.717) is 32.4 Å². The molecule has 5 nitrogen and oxygen atoms in total. The number of halogens is 1. The van der Waals surface area contributed by atoms with Crippen LogP contribution >= 0.6 is 23.0 Å². The van der Waals surface area contributed by atoms with Gasteiger partial charge in [-0.2, -0.15) is 0 Å². The fraction of sp³-hybridized carbons (Fsp3) is 0.529. The van der Waals surface area contributed by atoms with E-state index in [1.54, 1.807) is 23.0 Å². The molecule has 1 unspecified atom stereocenters. The van der Waals surface area contributed by atoms with Gasteiger partial charge >= 0.3 is 11.9 Å². The van der Waals surface area contributed by atoms with Crippen molar-refractivity contribution in [2.75, 3.05) is 6.61 Å². The predicted molar refractivity (Wildman–Crippen MR) is 96.9 cm³/mol. The van der Waals surface area contributed by atoms with Crippen LogP contribution in [0.2, 0.25) is 0 Å². The van der Waals surface area contributed by atoms with Crippen LogP contribution < -0.4 is 5.32 Å². The van der Waals surface area contributed by atoms with E-state index in [-0.39, 0.29) is 11.9 Å². The number of hydrogen-bond donors (Lipinski definition) is 1. The maximum atomic E-state index is 12.2. The second-order valence-electron chi connectivity index (χ2n) is 5.28. The van der Waals surface area contributed by atoms with Gasteiger partial charge in [-0.3, -0.25) is 9.59 Å². The van der Waals surface area contributed by atoms with Crippen LogP contribution in [0.25, 0.3) is 0 Å². The Hall–Kier alpha value is -1.15. The molecule has 0 radical (unpaired) electrons. The van der Waals surface area contributed by atoms with Crippen molar-refractivity contribution in [2.45, 2.75) is 51.6 Å². The van der Waals surface area contributed by atoms with Crippen LogP contribution in [0.5, 0.6) is 0 Å². The Kier molecular flexibility index (Phi) is 10.6. The van der Waals surface area contributed by atoms with Crippen LogP contribution in [0.15, 0.2) is 30.3 Å². The molecule has 0 aliphatic heterocycles. The third kappa shape index (κ3) is 8.90. The van der Waals surface area contributed by atoms with E-state index in [9.17, 15) is 9.59 Å². The second-order valence-corrected chi connectivity index (χ2v) is 5.72. The Morgan fingerprint density at radius 3 is 2.61 bits per heavy atom. The molecule has 0 aromatic heterocycles. The smallest absolute Gasteiger partial charge is 0.323 e. The molecule has 23 heavy (non-hydrogen) atoms. The molecule has 1 aromatic rings. The second kappa shape index (κ2) is 12.3. The third-order valence-corrected chi connectivity index (χ3v) is 3.87. The van der Waals surface area contributed by atoms with Gasteiger partial charge < -0.3 is 13.1 Å². The number of carbonyl (C=O) groups is 2. The lowest BCUT2D eigenvalue weighted by molar-refractivity contribution is -0.146. The van der Waals surface area contributed by atoms with Gasteiger partial charge in [-0.25, -0.2) is 0 Å². The minimum absolute atomic E-state index is 0.253. The average Bonchev–Trinajstić information content (AvgIpc) is 2.58. The van der Waals surface area contributed by atoms with E-state index in [2.05, 4.69) is 15.3 Å². The first-order valence-corrected chi connectivity index (χ1v) is 8.80. The number of unbranched alkanes of at least 4 members (excludes halogenated alkanes) is 1. The minimum atomic E-state index is -0.408. The van der Waals surface area contributed by atoms with E-state index in [1.165, 1.54) is 0 Å². The Balaban J connectivity index is 2.49. The summed E-state index contributed by atoms with van der Waals surface area (Å²) in [5.41, 5.74) is 1.10. The number of hydrogen-bond acceptors (Lipinski definition) is 5. The van der Waals surface area contributed by atoms with E-state index >= 15 is 0 Å². The first-order chi connectivity index (χ1) is 11.2. The summed E-state index contributed by atoms with van der Waals surface area (Å²) in [5, 5.41) is 3.23. The van der Waals surface area contributed by atoms with Crippen molar-refractivity contribution in [2.24, 2.45) is 0 Å². The Morgan fingerprint density at radius 2 is 1.96 bits per heavy atom. The lowest BCUT2D eigenvalue weighted by atomic mass is 10.1. The van der Waals surface area contributed by atoms with E-state index in [4.69, 9.17) is 4.74 Å². The molecule has 0 aliphatic carbocycles. The summed E-state index contributed by atoms with van der Waals surface area (Å²) in [6.45, 7) is 3.08. The zero-order chi connectivity index (χ0) is 16.9. The molecule has 0 heterocycles. The van der Waals surface area contributed by atoms with Gasteiger partial charge in [0.05, 0.1) is 6.61 Å². The number of ether oxygens (including phenoxy) is 1. The Labute approximate surface area is 151 Å². The molecule has 6 heteroatoms. The van der Waals surface area contributed by atoms with Crippen LogP contribution in [-0.4, -0.2) is 24.6 Å². The van der Waals surface area contributed by atoms with Crippen LogP contribution in [0.3, 0.4) is 0 Å². The lowest BCUT2D eigenvalue weighted by Crippen LogP contribution is -2.38. The minimum Gasteiger partial charge on any atom is -0.465 e. The summed E-state index contributed by atoms with van der Waals surface area (Å²) in [5.74, 6) is -0.524. The molecule has 0 bridgehead atoms. The fourth-order valence-corrected chi connectivity index (χ4v) is 2.27. The third-order valence-electron chi connectivity index (χ3n) is 3.38. The maximum absolute atomic E-state index is 12.2. The van der Waals surface area contributed by atoms with Crippen molar-refractivity contribution in [3.05, 3.63) is 35.9 Å². The van der Waals surface area contributed by atoms with Gasteiger partial charge in [0.25, 0.3) is 0 Å². The summed E-state index contributed by atoms with van der Waals surface area (Å²) in [4.78, 5) is 23.4. The topological polar surface area (TPSA) is 64.6 Å². The normalized spacial score (nSPS) is 11.7. The number of carbonyl (C=O) groups excluding carboxylic acids is 2. The first kappa shape index (κ1) is 19.9. The van der Waals surface area contributed by atoms with Crippen molar-refractivity contribution >= 4 is 34.9 Å². The van der Waals surface area contributed by atoms with E-state index < -0.39 is 6.04 Å². The molecule has 1 rings (SSSR count). The van der Waals surface area contributed by atoms with Crippen molar-refractivity contribution in [1.29, 1.82) is 0 Å².